The molecule has 1 aliphatic carbocycles. The summed E-state index contributed by atoms with van der Waals surface area (Å²) in [5.74, 6) is 0.326. The lowest BCUT2D eigenvalue weighted by molar-refractivity contribution is -0.146. The fraction of sp³-hybridized carbons (Fsp3) is 0.880. The first-order valence-electron chi connectivity index (χ1n) is 23.3. The summed E-state index contributed by atoms with van der Waals surface area (Å²) in [5, 5.41) is 7.82. The van der Waals surface area contributed by atoms with Gasteiger partial charge in [0, 0.05) is 71.4 Å². The van der Waals surface area contributed by atoms with Gasteiger partial charge in [-0.05, 0) is 99.3 Å². The van der Waals surface area contributed by atoms with Gasteiger partial charge in [-0.15, -0.1) is 0 Å². The molecule has 3 atom stereocenters. The van der Waals surface area contributed by atoms with Crippen molar-refractivity contribution in [3.05, 3.63) is 11.4 Å². The number of hydrogen-bond donors (Lipinski definition) is 0. The number of nitriles is 1. The Kier molecular flexibility index (Phi) is 45.8. The Morgan fingerprint density at radius 2 is 1.30 bits per heavy atom. The van der Waals surface area contributed by atoms with Crippen LogP contribution in [0.1, 0.15) is 195 Å². The second-order valence-corrected chi connectivity index (χ2v) is 17.8. The molecule has 13 heteroatoms. The predicted molar refractivity (Wildman–Crippen MR) is 254 cm³/mol. The molecule has 0 bridgehead atoms. The van der Waals surface area contributed by atoms with Gasteiger partial charge in [0.25, 0.3) is 0 Å². The molecular weight excluding hydrogens is 805 g/mol. The molecule has 0 N–H and O–H groups in total. The number of cyclic esters (lactones) is 2. The molecule has 0 aromatic carbocycles. The van der Waals surface area contributed by atoms with Crippen LogP contribution in [0.3, 0.4) is 0 Å². The Hall–Kier alpha value is -2.94. The number of rotatable bonds is 7. The first-order chi connectivity index (χ1) is 29.2. The van der Waals surface area contributed by atoms with Gasteiger partial charge in [-0.1, -0.05) is 62.3 Å². The van der Waals surface area contributed by atoms with Crippen LogP contribution in [0.15, 0.2) is 0 Å². The van der Waals surface area contributed by atoms with Crippen molar-refractivity contribution in [2.24, 2.45) is 16.7 Å². The summed E-state index contributed by atoms with van der Waals surface area (Å²) in [7, 11) is 1.68. The number of esters is 2. The van der Waals surface area contributed by atoms with Crippen LogP contribution in [0.25, 0.3) is 4.85 Å². The van der Waals surface area contributed by atoms with Crippen molar-refractivity contribution in [2.75, 3.05) is 53.3 Å². The van der Waals surface area contributed by atoms with Crippen LogP contribution >= 0.6 is 0 Å². The highest BCUT2D eigenvalue weighted by atomic mass is 16.7. The third-order valence-electron chi connectivity index (χ3n) is 9.69. The van der Waals surface area contributed by atoms with E-state index in [-0.39, 0.29) is 40.4 Å². The molecule has 372 valence electrons. The second kappa shape index (κ2) is 41.7. The smallest absolute Gasteiger partial charge is 0.309 e. The fourth-order valence-electron chi connectivity index (χ4n) is 4.43. The number of methoxy groups -OCH3 is 1. The maximum Gasteiger partial charge on any atom is 0.309 e. The van der Waals surface area contributed by atoms with Gasteiger partial charge in [-0.25, -0.2) is 6.57 Å². The summed E-state index contributed by atoms with van der Waals surface area (Å²) < 4.78 is 34.8. The minimum Gasteiger partial charge on any atom is -0.465 e. The lowest BCUT2D eigenvalue weighted by Gasteiger charge is -2.27. The summed E-state index contributed by atoms with van der Waals surface area (Å²) in [6, 6.07) is 2.02. The zero-order valence-corrected chi connectivity index (χ0v) is 43.8. The van der Waals surface area contributed by atoms with Gasteiger partial charge in [0.1, 0.15) is 17.2 Å². The number of Topliss-reactive ketones (excluding diaryl/α,β-unsaturated/α-hetero) is 2. The van der Waals surface area contributed by atoms with E-state index in [4.69, 9.17) is 40.3 Å². The van der Waals surface area contributed by atoms with E-state index in [0.717, 1.165) is 78.0 Å². The molecule has 0 aromatic heterocycles. The second-order valence-electron chi connectivity index (χ2n) is 17.8. The molecule has 5 fully saturated rings. The number of unbranched alkanes of at least 4 members (excludes halogenated alkanes) is 1. The van der Waals surface area contributed by atoms with Gasteiger partial charge >= 0.3 is 11.9 Å². The van der Waals surface area contributed by atoms with E-state index in [1.165, 1.54) is 6.42 Å². The van der Waals surface area contributed by atoms with Crippen LogP contribution in [0, 0.1) is 34.7 Å². The Labute approximate surface area is 386 Å². The Bertz CT molecular complexity index is 1220. The van der Waals surface area contributed by atoms with E-state index < -0.39 is 0 Å². The number of carbonyl (C=O) groups excluding carboxylic acids is 4. The predicted octanol–water partition coefficient (Wildman–Crippen LogP) is 11.7. The van der Waals surface area contributed by atoms with Gasteiger partial charge in [-0.2, -0.15) is 5.26 Å². The summed E-state index contributed by atoms with van der Waals surface area (Å²) >= 11 is 0. The minimum absolute atomic E-state index is 0.0527. The number of hydrogen-bond acceptors (Lipinski definition) is 12. The maximum absolute atomic E-state index is 10.8. The number of ketones is 2. The average molecular weight is 901 g/mol. The van der Waals surface area contributed by atoms with E-state index in [9.17, 15) is 19.2 Å². The standard InChI is InChI=1S/C8H14O.C7H12O2.C7H14O2.C6H10O2.C4H7N.C4H8O.C4H10O.C4H8O.C3H5N.C3H8O/c1-8(2)5-3-7(9)4-6-8;1-5-6(8)9-4-7(5,2)3;1-4-6-5-8-7(2,3)9-6;1-6(2)4-3-5(7)8-6;1-2-3-4-5;1-2-4-3-5-4;1-3-5-4-2;1-3-4(2)5;2*1-3-4-2/h3-6H2,1-2H3;5H,4H2,1-3H3;6H,4-5H2,1-3H3;3-4H2,1-2H3;2-3H2,1H3;4H,2-3H2,1H3;3-4H2,1-2H3;3H2,1-2H3;3H2,1H3;3H2,1-2H3. The van der Waals surface area contributed by atoms with Crippen LogP contribution in [0.4, 0.5) is 0 Å². The van der Waals surface area contributed by atoms with Crippen molar-refractivity contribution < 1.29 is 52.3 Å². The number of epoxide rings is 1. The van der Waals surface area contributed by atoms with E-state index in [0.29, 0.717) is 55.8 Å². The first-order valence-corrected chi connectivity index (χ1v) is 23.3. The summed E-state index contributed by atoms with van der Waals surface area (Å²) in [5.41, 5.74) is 0.308. The normalized spacial score (nSPS) is 21.6. The largest absolute Gasteiger partial charge is 0.465 e. The van der Waals surface area contributed by atoms with E-state index in [1.54, 1.807) is 14.0 Å². The molecule has 5 rings (SSSR count). The van der Waals surface area contributed by atoms with Gasteiger partial charge < -0.3 is 42.8 Å². The van der Waals surface area contributed by atoms with E-state index in [2.05, 4.69) is 37.3 Å². The summed E-state index contributed by atoms with van der Waals surface area (Å²) in [6.07, 6.45) is 10.8. The summed E-state index contributed by atoms with van der Waals surface area (Å²) in [4.78, 5) is 44.8. The highest BCUT2D eigenvalue weighted by Gasteiger charge is 2.39. The van der Waals surface area contributed by atoms with Crippen molar-refractivity contribution in [1.29, 1.82) is 5.26 Å². The lowest BCUT2D eigenvalue weighted by Crippen LogP contribution is -2.21. The molecule has 13 nitrogen and oxygen atoms in total. The van der Waals surface area contributed by atoms with Crippen LogP contribution in [-0.4, -0.2) is 100 Å². The molecule has 4 aliphatic heterocycles. The Morgan fingerprint density at radius 1 is 0.825 bits per heavy atom. The molecule has 0 spiro atoms. The molecule has 5 aliphatic rings. The third kappa shape index (κ3) is 49.9. The van der Waals surface area contributed by atoms with Crippen molar-refractivity contribution in [3.8, 4) is 6.07 Å². The Morgan fingerprint density at radius 3 is 1.41 bits per heavy atom. The topological polar surface area (TPSA) is 164 Å². The molecule has 0 radical (unpaired) electrons. The third-order valence-corrected chi connectivity index (χ3v) is 9.69. The van der Waals surface area contributed by atoms with Crippen LogP contribution in [-0.2, 0) is 52.3 Å². The quantitative estimate of drug-likeness (QED) is 0.135. The SMILES string of the molecule is CC1(C)CCC(=O)CC1.CC1(C)CCC(=O)O1.CC1C(=O)OCC1(C)C.CCC(C)=O.CCC1CO1.CCC1COC(C)(C)O1.CCCC#N.CCOC.CCOCC.[C-]#[N+]CC. The molecule has 0 aromatic rings. The monoisotopic (exact) mass is 901 g/mol. The van der Waals surface area contributed by atoms with Gasteiger partial charge in [-0.3, -0.25) is 14.4 Å². The molecule has 1 saturated carbocycles. The van der Waals surface area contributed by atoms with Crippen molar-refractivity contribution in [2.45, 2.75) is 219 Å². The van der Waals surface area contributed by atoms with E-state index >= 15 is 0 Å². The van der Waals surface area contributed by atoms with Crippen molar-refractivity contribution >= 4 is 23.5 Å². The molecule has 4 heterocycles. The van der Waals surface area contributed by atoms with Crippen molar-refractivity contribution in [3.63, 3.8) is 0 Å². The summed E-state index contributed by atoms with van der Waals surface area (Å²) in [6.45, 7) is 47.2. The lowest BCUT2D eigenvalue weighted by atomic mass is 9.77. The molecule has 63 heavy (non-hydrogen) atoms. The van der Waals surface area contributed by atoms with Crippen LogP contribution in [0.2, 0.25) is 0 Å². The zero-order chi connectivity index (χ0) is 50.1. The van der Waals surface area contributed by atoms with Crippen LogP contribution in [0.5, 0.6) is 0 Å². The highest BCUT2D eigenvalue weighted by molar-refractivity contribution is 5.79. The first kappa shape index (κ1) is 69.1. The fourth-order valence-corrected chi connectivity index (χ4v) is 4.43. The number of ether oxygens (including phenoxy) is 7. The molecular formula is C50H96N2O11. The number of nitrogens with zero attached hydrogens (tertiary/aromatic N) is 2. The highest BCUT2D eigenvalue weighted by Crippen LogP contribution is 2.34. The molecule has 0 amide bonds. The maximum atomic E-state index is 10.8. The van der Waals surface area contributed by atoms with Gasteiger partial charge in [0.2, 0.25) is 6.54 Å². The van der Waals surface area contributed by atoms with E-state index in [1.807, 2.05) is 96.1 Å². The molecule has 3 unspecified atom stereocenters. The van der Waals surface area contributed by atoms with Gasteiger partial charge in [0.15, 0.2) is 5.79 Å². The zero-order valence-electron chi connectivity index (χ0n) is 43.8. The molecule has 4 saturated heterocycles. The number of carbonyl (C=O) groups is 4. The van der Waals surface area contributed by atoms with Crippen molar-refractivity contribution in [1.82, 2.24) is 0 Å². The van der Waals surface area contributed by atoms with Gasteiger partial charge in [0.05, 0.1) is 44.0 Å². The van der Waals surface area contributed by atoms with Crippen LogP contribution < -0.4 is 0 Å². The minimum atomic E-state index is -0.333. The average Bonchev–Trinajstić information content (AvgIpc) is 3.88. The Balaban J connectivity index is -0.000000201.